The molecule has 4 aliphatic rings. The highest BCUT2D eigenvalue weighted by Crippen LogP contribution is 2.75. The molecule has 0 aromatic carbocycles. The molecule has 4 rings (SSSR count). The van der Waals surface area contributed by atoms with Crippen molar-refractivity contribution in [3.63, 3.8) is 0 Å². The molecule has 2 saturated heterocycles. The van der Waals surface area contributed by atoms with Crippen molar-refractivity contribution >= 4 is 0 Å². The predicted molar refractivity (Wildman–Crippen MR) is 34.0 cm³/mol. The van der Waals surface area contributed by atoms with Gasteiger partial charge in [-0.15, -0.1) is 0 Å². The van der Waals surface area contributed by atoms with Gasteiger partial charge < -0.3 is 0 Å². The number of piperidine rings is 3. The molecule has 1 nitrogen and oxygen atoms in total. The summed E-state index contributed by atoms with van der Waals surface area (Å²) < 4.78 is 0. The van der Waals surface area contributed by atoms with Gasteiger partial charge in [-0.1, -0.05) is 0 Å². The van der Waals surface area contributed by atoms with E-state index in [1.54, 1.807) is 12.8 Å². The predicted octanol–water partition coefficient (Wildman–Crippen LogP) is 0.710. The lowest BCUT2D eigenvalue weighted by atomic mass is 9.33. The van der Waals surface area contributed by atoms with Gasteiger partial charge in [-0.3, -0.25) is 4.90 Å². The Hall–Kier alpha value is -0.0400. The third kappa shape index (κ3) is 0.177. The number of rotatable bonds is 0. The van der Waals surface area contributed by atoms with Crippen LogP contribution in [0.15, 0.2) is 0 Å². The molecule has 9 heavy (non-hydrogen) atoms. The van der Waals surface area contributed by atoms with E-state index in [1.807, 2.05) is 0 Å². The fourth-order valence-electron chi connectivity index (χ4n) is 4.13. The zero-order valence-corrected chi connectivity index (χ0v) is 5.51. The topological polar surface area (TPSA) is 3.24 Å². The van der Waals surface area contributed by atoms with Crippen molar-refractivity contribution in [3.8, 4) is 0 Å². The lowest BCUT2D eigenvalue weighted by Crippen LogP contribution is -2.94. The van der Waals surface area contributed by atoms with E-state index < -0.39 is 0 Å². The smallest absolute Gasteiger partial charge is 0.0319 e. The van der Waals surface area contributed by atoms with Crippen molar-refractivity contribution in [1.82, 2.24) is 4.90 Å². The lowest BCUT2D eigenvalue weighted by molar-refractivity contribution is -0.367. The Morgan fingerprint density at radius 1 is 1.00 bits per heavy atom. The van der Waals surface area contributed by atoms with Gasteiger partial charge in [-0.2, -0.15) is 0 Å². The minimum Gasteiger partial charge on any atom is -0.296 e. The van der Waals surface area contributed by atoms with Gasteiger partial charge in [-0.25, -0.2) is 0 Å². The highest BCUT2D eigenvalue weighted by Gasteiger charge is 2.80. The zero-order valence-electron chi connectivity index (χ0n) is 5.51. The van der Waals surface area contributed by atoms with Crippen LogP contribution < -0.4 is 0 Å². The summed E-state index contributed by atoms with van der Waals surface area (Å²) in [7, 11) is 0. The van der Waals surface area contributed by atoms with Crippen molar-refractivity contribution in [1.29, 1.82) is 0 Å². The van der Waals surface area contributed by atoms with Crippen LogP contribution in [0.1, 0.15) is 12.8 Å². The molecule has 0 aromatic heterocycles. The molecule has 0 amide bonds. The van der Waals surface area contributed by atoms with Crippen LogP contribution in [0.5, 0.6) is 0 Å². The van der Waals surface area contributed by atoms with Crippen molar-refractivity contribution in [2.75, 3.05) is 13.1 Å². The number of nitrogens with zero attached hydrogens (tertiary/aromatic N) is 1. The van der Waals surface area contributed by atoms with Gasteiger partial charge in [0.2, 0.25) is 0 Å². The maximum atomic E-state index is 2.72. The Labute approximate surface area is 55.0 Å². The van der Waals surface area contributed by atoms with Crippen molar-refractivity contribution in [2.45, 2.75) is 18.4 Å². The van der Waals surface area contributed by atoms with Gasteiger partial charge in [-0.05, 0) is 30.6 Å². The zero-order chi connectivity index (χ0) is 5.64. The summed E-state index contributed by atoms with van der Waals surface area (Å²) in [5, 5.41) is 0. The van der Waals surface area contributed by atoms with Gasteiger partial charge in [0.1, 0.15) is 0 Å². The summed E-state index contributed by atoms with van der Waals surface area (Å²) in [6.45, 7) is 2.93. The lowest BCUT2D eigenvalue weighted by Gasteiger charge is -2.87. The molecule has 2 unspecified atom stereocenters. The van der Waals surface area contributed by atoms with Crippen LogP contribution in [0.25, 0.3) is 0 Å². The van der Waals surface area contributed by atoms with Crippen LogP contribution in [0.4, 0.5) is 0 Å². The molecule has 0 N–H and O–H groups in total. The molecular weight excluding hydrogens is 110 g/mol. The molecule has 2 atom stereocenters. The first-order valence-corrected chi connectivity index (χ1v) is 4.17. The molecule has 48 valence electrons. The minimum absolute atomic E-state index is 0.889. The van der Waals surface area contributed by atoms with E-state index in [1.165, 1.54) is 30.8 Å². The Balaban J connectivity index is 1.88. The van der Waals surface area contributed by atoms with E-state index >= 15 is 0 Å². The Bertz CT molecular complexity index is 145. The molecule has 2 aliphatic heterocycles. The van der Waals surface area contributed by atoms with Gasteiger partial charge in [0.25, 0.3) is 0 Å². The largest absolute Gasteiger partial charge is 0.296 e. The third-order valence-corrected chi connectivity index (χ3v) is 4.53. The Morgan fingerprint density at radius 3 is 1.89 bits per heavy atom. The Kier molecular flexibility index (Phi) is 0.353. The van der Waals surface area contributed by atoms with E-state index in [-0.39, 0.29) is 0 Å². The van der Waals surface area contributed by atoms with Crippen LogP contribution in [0, 0.1) is 17.8 Å². The fraction of sp³-hybridized carbons (Fsp3) is 1.00. The third-order valence-electron chi connectivity index (χ3n) is 4.53. The van der Waals surface area contributed by atoms with Crippen molar-refractivity contribution in [2.24, 2.45) is 17.8 Å². The minimum atomic E-state index is 0.889. The standard InChI is InChI=1S/C8H11N/c1-5-2-7-4-9-3-6(1)8(5,7)9/h5-7H,1-4H2. The molecule has 2 saturated carbocycles. The maximum absolute atomic E-state index is 2.72. The summed E-state index contributed by atoms with van der Waals surface area (Å²) >= 11 is 0. The second kappa shape index (κ2) is 0.800. The van der Waals surface area contributed by atoms with Gasteiger partial charge in [0, 0.05) is 18.6 Å². The quantitative estimate of drug-likeness (QED) is 0.456. The Morgan fingerprint density at radius 2 is 1.67 bits per heavy atom. The van der Waals surface area contributed by atoms with Crippen LogP contribution >= 0.6 is 0 Å². The molecule has 4 fully saturated rings. The summed E-state index contributed by atoms with van der Waals surface area (Å²) in [6, 6.07) is 0. The molecule has 1 heteroatoms. The van der Waals surface area contributed by atoms with E-state index in [0.29, 0.717) is 0 Å². The summed E-state index contributed by atoms with van der Waals surface area (Å²) in [4.78, 5) is 2.72. The van der Waals surface area contributed by atoms with Crippen LogP contribution in [0.2, 0.25) is 0 Å². The summed E-state index contributed by atoms with van der Waals surface area (Å²) in [5.41, 5.74) is 0.889. The second-order valence-electron chi connectivity index (χ2n) is 4.35. The molecule has 2 aliphatic carbocycles. The summed E-state index contributed by atoms with van der Waals surface area (Å²) in [6.07, 6.45) is 3.18. The number of hydrogen-bond donors (Lipinski definition) is 0. The average Bonchev–Trinajstić information content (AvgIpc) is 1.54. The summed E-state index contributed by atoms with van der Waals surface area (Å²) in [5.74, 6) is 3.53. The second-order valence-corrected chi connectivity index (χ2v) is 4.35. The molecule has 0 bridgehead atoms. The van der Waals surface area contributed by atoms with Crippen LogP contribution in [-0.2, 0) is 0 Å². The molecular formula is C8H11N. The normalized spacial score (nSPS) is 74.0. The van der Waals surface area contributed by atoms with E-state index in [9.17, 15) is 0 Å². The SMILES string of the molecule is C1C2CC3CN4CC1C234. The van der Waals surface area contributed by atoms with Crippen LogP contribution in [-0.4, -0.2) is 23.5 Å². The fourth-order valence-corrected chi connectivity index (χ4v) is 4.13. The van der Waals surface area contributed by atoms with E-state index in [0.717, 1.165) is 5.54 Å². The monoisotopic (exact) mass is 121 g/mol. The first kappa shape index (κ1) is 3.97. The molecule has 2 heterocycles. The highest BCUT2D eigenvalue weighted by atomic mass is 15.4. The number of hydrogen-bond acceptors (Lipinski definition) is 1. The van der Waals surface area contributed by atoms with Gasteiger partial charge in [0.15, 0.2) is 0 Å². The molecule has 0 radical (unpaired) electrons. The molecule has 1 spiro atoms. The highest BCUT2D eigenvalue weighted by molar-refractivity contribution is 5.33. The van der Waals surface area contributed by atoms with Crippen molar-refractivity contribution in [3.05, 3.63) is 0 Å². The average molecular weight is 121 g/mol. The first-order chi connectivity index (χ1) is 4.42. The first-order valence-electron chi connectivity index (χ1n) is 4.17. The van der Waals surface area contributed by atoms with Gasteiger partial charge in [0.05, 0.1) is 0 Å². The van der Waals surface area contributed by atoms with Gasteiger partial charge >= 0.3 is 0 Å². The van der Waals surface area contributed by atoms with E-state index in [2.05, 4.69) is 4.90 Å². The van der Waals surface area contributed by atoms with Crippen molar-refractivity contribution < 1.29 is 0 Å². The van der Waals surface area contributed by atoms with E-state index in [4.69, 9.17) is 0 Å². The molecule has 0 aromatic rings. The van der Waals surface area contributed by atoms with Crippen LogP contribution in [0.3, 0.4) is 0 Å². The maximum Gasteiger partial charge on any atom is 0.0319 e.